The predicted molar refractivity (Wildman–Crippen MR) is 87.6 cm³/mol. The Balaban J connectivity index is 1.82. The molecule has 2 heterocycles. The zero-order valence-corrected chi connectivity index (χ0v) is 13.2. The number of pyridine rings is 1. The van der Waals surface area contributed by atoms with Crippen molar-refractivity contribution in [3.05, 3.63) is 76.3 Å². The normalized spacial score (nSPS) is 10.6. The van der Waals surface area contributed by atoms with E-state index in [0.717, 1.165) is 10.0 Å². The number of hydrogen-bond donors (Lipinski definition) is 1. The molecule has 110 valence electrons. The lowest BCUT2D eigenvalue weighted by Crippen LogP contribution is -2.08. The number of carbonyl (C=O) groups is 1. The van der Waals surface area contributed by atoms with Crippen molar-refractivity contribution < 1.29 is 4.79 Å². The molecule has 3 aromatic rings. The van der Waals surface area contributed by atoms with E-state index in [4.69, 9.17) is 5.73 Å². The molecule has 3 rings (SSSR count). The van der Waals surface area contributed by atoms with E-state index in [2.05, 4.69) is 26.0 Å². The Morgan fingerprint density at radius 2 is 2.14 bits per heavy atom. The summed E-state index contributed by atoms with van der Waals surface area (Å²) in [4.78, 5) is 16.3. The molecule has 0 bridgehead atoms. The van der Waals surface area contributed by atoms with Gasteiger partial charge in [0.2, 0.25) is 5.78 Å². The van der Waals surface area contributed by atoms with Crippen LogP contribution in [0.2, 0.25) is 0 Å². The molecule has 1 aromatic carbocycles. The van der Waals surface area contributed by atoms with E-state index in [1.54, 1.807) is 29.2 Å². The van der Waals surface area contributed by atoms with Crippen LogP contribution in [0, 0.1) is 0 Å². The SMILES string of the molecule is Nc1ccncc1C(=O)c1ccn(Cc2cccc(Br)c2)n1. The Hall–Kier alpha value is -2.47. The summed E-state index contributed by atoms with van der Waals surface area (Å²) >= 11 is 3.44. The highest BCUT2D eigenvalue weighted by atomic mass is 79.9. The number of ketones is 1. The van der Waals surface area contributed by atoms with Crippen molar-refractivity contribution in [2.24, 2.45) is 0 Å². The predicted octanol–water partition coefficient (Wildman–Crippen LogP) is 2.90. The van der Waals surface area contributed by atoms with E-state index >= 15 is 0 Å². The van der Waals surface area contributed by atoms with Gasteiger partial charge in [-0.2, -0.15) is 5.10 Å². The van der Waals surface area contributed by atoms with Gasteiger partial charge in [-0.05, 0) is 29.8 Å². The molecule has 0 atom stereocenters. The van der Waals surface area contributed by atoms with E-state index < -0.39 is 0 Å². The largest absolute Gasteiger partial charge is 0.398 e. The molecule has 0 aliphatic rings. The number of carbonyl (C=O) groups excluding carboxylic acids is 1. The van der Waals surface area contributed by atoms with E-state index in [1.807, 2.05) is 24.3 Å². The number of benzene rings is 1. The van der Waals surface area contributed by atoms with Crippen LogP contribution in [-0.4, -0.2) is 20.5 Å². The summed E-state index contributed by atoms with van der Waals surface area (Å²) in [6.45, 7) is 0.593. The first-order valence-corrected chi connectivity index (χ1v) is 7.45. The van der Waals surface area contributed by atoms with Gasteiger partial charge in [0.05, 0.1) is 12.1 Å². The minimum atomic E-state index is -0.224. The second-order valence-electron chi connectivity index (χ2n) is 4.82. The molecule has 0 amide bonds. The zero-order chi connectivity index (χ0) is 15.5. The van der Waals surface area contributed by atoms with Gasteiger partial charge < -0.3 is 5.73 Å². The maximum Gasteiger partial charge on any atom is 0.216 e. The van der Waals surface area contributed by atoms with Gasteiger partial charge in [-0.3, -0.25) is 14.5 Å². The summed E-state index contributed by atoms with van der Waals surface area (Å²) in [5, 5.41) is 4.32. The van der Waals surface area contributed by atoms with E-state index in [1.165, 1.54) is 6.20 Å². The molecule has 0 aliphatic carbocycles. The van der Waals surface area contributed by atoms with Crippen molar-refractivity contribution in [3.63, 3.8) is 0 Å². The molecule has 0 fully saturated rings. The standard InChI is InChI=1S/C16H13BrN4O/c17-12-3-1-2-11(8-12)10-21-7-5-15(20-21)16(22)13-9-19-6-4-14(13)18/h1-9H,10H2,(H2,18,19). The lowest BCUT2D eigenvalue weighted by Gasteiger charge is -2.03. The lowest BCUT2D eigenvalue weighted by molar-refractivity contribution is 0.103. The Bertz CT molecular complexity index is 828. The topological polar surface area (TPSA) is 73.8 Å². The summed E-state index contributed by atoms with van der Waals surface area (Å²) in [6.07, 6.45) is 4.80. The van der Waals surface area contributed by atoms with E-state index in [-0.39, 0.29) is 5.78 Å². The summed E-state index contributed by atoms with van der Waals surface area (Å²) in [7, 11) is 0. The molecule has 0 saturated carbocycles. The number of aromatic nitrogens is 3. The minimum Gasteiger partial charge on any atom is -0.398 e. The third kappa shape index (κ3) is 3.07. The molecule has 22 heavy (non-hydrogen) atoms. The average molecular weight is 357 g/mol. The first-order chi connectivity index (χ1) is 10.6. The maximum atomic E-state index is 12.4. The summed E-state index contributed by atoms with van der Waals surface area (Å²) in [6, 6.07) is 11.2. The number of nitrogen functional groups attached to an aromatic ring is 1. The van der Waals surface area contributed by atoms with Crippen LogP contribution >= 0.6 is 15.9 Å². The van der Waals surface area contributed by atoms with Crippen LogP contribution in [-0.2, 0) is 6.54 Å². The fourth-order valence-electron chi connectivity index (χ4n) is 2.13. The van der Waals surface area contributed by atoms with Crippen molar-refractivity contribution in [1.29, 1.82) is 0 Å². The average Bonchev–Trinajstić information content (AvgIpc) is 2.95. The zero-order valence-electron chi connectivity index (χ0n) is 11.6. The van der Waals surface area contributed by atoms with Crippen LogP contribution in [0.15, 0.2) is 59.5 Å². The fourth-order valence-corrected chi connectivity index (χ4v) is 2.57. The number of anilines is 1. The van der Waals surface area contributed by atoms with Crippen LogP contribution in [0.5, 0.6) is 0 Å². The molecule has 0 unspecified atom stereocenters. The van der Waals surface area contributed by atoms with Crippen LogP contribution < -0.4 is 5.73 Å². The van der Waals surface area contributed by atoms with Gasteiger partial charge in [0, 0.05) is 28.8 Å². The molecule has 2 aromatic heterocycles. The number of nitrogens with zero attached hydrogens (tertiary/aromatic N) is 3. The van der Waals surface area contributed by atoms with Crippen molar-refractivity contribution >= 4 is 27.4 Å². The van der Waals surface area contributed by atoms with Crippen LogP contribution in [0.1, 0.15) is 21.6 Å². The van der Waals surface area contributed by atoms with Crippen molar-refractivity contribution in [3.8, 4) is 0 Å². The fraction of sp³-hybridized carbons (Fsp3) is 0.0625. The lowest BCUT2D eigenvalue weighted by atomic mass is 10.1. The summed E-state index contributed by atoms with van der Waals surface area (Å²) < 4.78 is 2.73. The molecular formula is C16H13BrN4O. The molecule has 5 nitrogen and oxygen atoms in total. The quantitative estimate of drug-likeness (QED) is 0.729. The Morgan fingerprint density at radius 1 is 1.27 bits per heavy atom. The van der Waals surface area contributed by atoms with Crippen molar-refractivity contribution in [1.82, 2.24) is 14.8 Å². The van der Waals surface area contributed by atoms with Gasteiger partial charge >= 0.3 is 0 Å². The monoisotopic (exact) mass is 356 g/mol. The first kappa shape index (κ1) is 14.5. The number of hydrogen-bond acceptors (Lipinski definition) is 4. The smallest absolute Gasteiger partial charge is 0.216 e. The molecule has 0 radical (unpaired) electrons. The number of rotatable bonds is 4. The van der Waals surface area contributed by atoms with Gasteiger partial charge in [0.1, 0.15) is 5.69 Å². The number of nitrogens with two attached hydrogens (primary N) is 1. The van der Waals surface area contributed by atoms with Crippen molar-refractivity contribution in [2.75, 3.05) is 5.73 Å². The molecule has 0 aliphatic heterocycles. The third-order valence-electron chi connectivity index (χ3n) is 3.21. The van der Waals surface area contributed by atoms with Gasteiger partial charge in [0.15, 0.2) is 0 Å². The van der Waals surface area contributed by atoms with Gasteiger partial charge in [-0.25, -0.2) is 0 Å². The highest BCUT2D eigenvalue weighted by molar-refractivity contribution is 9.10. The van der Waals surface area contributed by atoms with E-state index in [0.29, 0.717) is 23.5 Å². The minimum absolute atomic E-state index is 0.224. The van der Waals surface area contributed by atoms with Crippen LogP contribution in [0.3, 0.4) is 0 Å². The molecule has 0 spiro atoms. The van der Waals surface area contributed by atoms with Crippen molar-refractivity contribution in [2.45, 2.75) is 6.54 Å². The second kappa shape index (κ2) is 6.11. The van der Waals surface area contributed by atoms with Crippen LogP contribution in [0.25, 0.3) is 0 Å². The highest BCUT2D eigenvalue weighted by Gasteiger charge is 2.15. The highest BCUT2D eigenvalue weighted by Crippen LogP contribution is 2.15. The molecular weight excluding hydrogens is 344 g/mol. The second-order valence-corrected chi connectivity index (χ2v) is 5.74. The van der Waals surface area contributed by atoms with Gasteiger partial charge in [-0.15, -0.1) is 0 Å². The summed E-state index contributed by atoms with van der Waals surface area (Å²) in [5.41, 5.74) is 8.03. The molecule has 0 saturated heterocycles. The Morgan fingerprint density at radius 3 is 2.91 bits per heavy atom. The van der Waals surface area contributed by atoms with Crippen LogP contribution in [0.4, 0.5) is 5.69 Å². The molecule has 6 heteroatoms. The van der Waals surface area contributed by atoms with E-state index in [9.17, 15) is 4.79 Å². The Labute approximate surface area is 135 Å². The Kier molecular flexibility index (Phi) is 4.02. The summed E-state index contributed by atoms with van der Waals surface area (Å²) in [5.74, 6) is -0.224. The number of halogens is 1. The van der Waals surface area contributed by atoms with Gasteiger partial charge in [0.25, 0.3) is 0 Å². The van der Waals surface area contributed by atoms with Gasteiger partial charge in [-0.1, -0.05) is 28.1 Å². The molecule has 2 N–H and O–H groups in total. The third-order valence-corrected chi connectivity index (χ3v) is 3.70. The first-order valence-electron chi connectivity index (χ1n) is 6.65. The maximum absolute atomic E-state index is 12.4.